The van der Waals surface area contributed by atoms with Gasteiger partial charge in [0.05, 0.1) is 17.5 Å². The van der Waals surface area contributed by atoms with Crippen LogP contribution in [0.5, 0.6) is 0 Å². The maximum absolute atomic E-state index is 13.9. The number of rotatable bonds is 6. The summed E-state index contributed by atoms with van der Waals surface area (Å²) in [6.07, 6.45) is 10.7. The number of nitrogens with zero attached hydrogens (tertiary/aromatic N) is 6. The first kappa shape index (κ1) is 23.8. The van der Waals surface area contributed by atoms with Crippen LogP contribution in [0.15, 0.2) is 41.6 Å². The highest BCUT2D eigenvalue weighted by atomic mass is 16.1. The number of hydrogen-bond donors (Lipinski definition) is 1. The van der Waals surface area contributed by atoms with Crippen LogP contribution in [0.25, 0.3) is 16.7 Å². The third-order valence-electron chi connectivity index (χ3n) is 9.07. The Hall–Kier alpha value is -3.26. The van der Waals surface area contributed by atoms with Crippen molar-refractivity contribution in [2.75, 3.05) is 13.1 Å². The molecule has 0 spiro atoms. The molecule has 3 aromatic heterocycles. The zero-order chi connectivity index (χ0) is 26.0. The van der Waals surface area contributed by atoms with E-state index in [0.717, 1.165) is 68.2 Å². The van der Waals surface area contributed by atoms with Gasteiger partial charge in [-0.25, -0.2) is 4.98 Å². The zero-order valence-electron chi connectivity index (χ0n) is 22.7. The molecule has 0 unspecified atom stereocenters. The molecule has 38 heavy (non-hydrogen) atoms. The van der Waals surface area contributed by atoms with Gasteiger partial charge in [-0.1, -0.05) is 26.0 Å². The Morgan fingerprint density at radius 1 is 1.13 bits per heavy atom. The molecule has 3 fully saturated rings. The molecule has 1 aliphatic heterocycles. The van der Waals surface area contributed by atoms with Crippen LogP contribution in [0.1, 0.15) is 81.1 Å². The van der Waals surface area contributed by atoms with Crippen molar-refractivity contribution in [3.63, 3.8) is 0 Å². The molecule has 0 bridgehead atoms. The molecular formula is C30H37N7O. The van der Waals surface area contributed by atoms with Gasteiger partial charge in [0, 0.05) is 31.0 Å². The molecule has 4 aromatic rings. The summed E-state index contributed by atoms with van der Waals surface area (Å²) in [5.41, 5.74) is 4.61. The Labute approximate surface area is 223 Å². The van der Waals surface area contributed by atoms with Crippen LogP contribution in [-0.4, -0.2) is 47.3 Å². The highest BCUT2D eigenvalue weighted by Crippen LogP contribution is 2.51. The monoisotopic (exact) mass is 511 g/mol. The Balaban J connectivity index is 1.30. The zero-order valence-corrected chi connectivity index (χ0v) is 22.7. The number of H-pyrrole nitrogens is 1. The second-order valence-corrected chi connectivity index (χ2v) is 12.3. The Kier molecular flexibility index (Phi) is 5.58. The van der Waals surface area contributed by atoms with Gasteiger partial charge in [0.15, 0.2) is 0 Å². The van der Waals surface area contributed by atoms with E-state index >= 15 is 0 Å². The molecule has 2 aliphatic carbocycles. The lowest BCUT2D eigenvalue weighted by atomic mass is 9.58. The van der Waals surface area contributed by atoms with Crippen molar-refractivity contribution in [1.82, 2.24) is 34.2 Å². The van der Waals surface area contributed by atoms with Gasteiger partial charge in [-0.05, 0) is 80.5 Å². The minimum atomic E-state index is -0.166. The van der Waals surface area contributed by atoms with E-state index < -0.39 is 0 Å². The second-order valence-electron chi connectivity index (χ2n) is 12.3. The SMILES string of the molecule is CC1CC(c2cccc(-n3cc(C4CC4)c4nc(CN5CCC[C@H](C)C5)[nH]c4c3=O)c2)(c2nncn2C)C1. The van der Waals surface area contributed by atoms with E-state index in [1.807, 2.05) is 22.2 Å². The molecule has 1 saturated heterocycles. The number of imidazole rings is 1. The number of benzene rings is 1. The Morgan fingerprint density at radius 2 is 1.97 bits per heavy atom. The largest absolute Gasteiger partial charge is 0.336 e. The van der Waals surface area contributed by atoms with Crippen molar-refractivity contribution in [3.8, 4) is 5.69 Å². The standard InChI is InChI=1S/C30H37N7O/c1-19-6-5-11-36(15-19)17-25-32-26-24(21-9-10-21)16-37(28(38)27(26)33-25)23-8-4-7-22(12-23)30(13-20(2)14-30)29-34-31-18-35(29)3/h4,7-8,12,16,18-21H,5-6,9-11,13-15,17H2,1-3H3,(H,32,33)/t19-,20?,30?/m0/s1. The number of pyridine rings is 1. The van der Waals surface area contributed by atoms with Gasteiger partial charge in [-0.2, -0.15) is 0 Å². The van der Waals surface area contributed by atoms with Gasteiger partial charge < -0.3 is 9.55 Å². The molecule has 8 heteroatoms. The van der Waals surface area contributed by atoms with E-state index in [1.165, 1.54) is 24.0 Å². The smallest absolute Gasteiger partial charge is 0.281 e. The number of fused-ring (bicyclic) bond motifs is 1. The van der Waals surface area contributed by atoms with E-state index in [4.69, 9.17) is 4.98 Å². The van der Waals surface area contributed by atoms with E-state index in [9.17, 15) is 4.79 Å². The number of likely N-dealkylation sites (tertiary alicyclic amines) is 1. The third kappa shape index (κ3) is 3.92. The molecule has 2 saturated carbocycles. The van der Waals surface area contributed by atoms with Gasteiger partial charge in [-0.15, -0.1) is 10.2 Å². The van der Waals surface area contributed by atoms with Crippen LogP contribution in [0.2, 0.25) is 0 Å². The Bertz CT molecular complexity index is 1550. The van der Waals surface area contributed by atoms with Crippen molar-refractivity contribution in [2.24, 2.45) is 18.9 Å². The predicted octanol–water partition coefficient (Wildman–Crippen LogP) is 4.67. The van der Waals surface area contributed by atoms with E-state index in [0.29, 0.717) is 23.3 Å². The highest BCUT2D eigenvalue weighted by Gasteiger charge is 2.48. The van der Waals surface area contributed by atoms with E-state index in [2.05, 4.69) is 58.3 Å². The predicted molar refractivity (Wildman–Crippen MR) is 148 cm³/mol. The van der Waals surface area contributed by atoms with Crippen molar-refractivity contribution >= 4 is 11.0 Å². The highest BCUT2D eigenvalue weighted by molar-refractivity contribution is 5.79. The molecular weight excluding hydrogens is 474 g/mol. The van der Waals surface area contributed by atoms with Crippen LogP contribution in [-0.2, 0) is 19.0 Å². The van der Waals surface area contributed by atoms with Crippen LogP contribution in [0.3, 0.4) is 0 Å². The lowest BCUT2D eigenvalue weighted by molar-refractivity contribution is 0.173. The fourth-order valence-electron chi connectivity index (χ4n) is 7.11. The number of piperidine rings is 1. The van der Waals surface area contributed by atoms with E-state index in [-0.39, 0.29) is 11.0 Å². The number of nitrogens with one attached hydrogen (secondary N) is 1. The summed E-state index contributed by atoms with van der Waals surface area (Å²) < 4.78 is 3.88. The number of aromatic amines is 1. The third-order valence-corrected chi connectivity index (χ3v) is 9.07. The first-order chi connectivity index (χ1) is 18.4. The normalized spacial score (nSPS) is 26.1. The lowest BCUT2D eigenvalue weighted by Gasteiger charge is -2.46. The summed E-state index contributed by atoms with van der Waals surface area (Å²) in [5.74, 6) is 3.73. The Morgan fingerprint density at radius 3 is 2.68 bits per heavy atom. The van der Waals surface area contributed by atoms with Crippen molar-refractivity contribution in [2.45, 2.75) is 70.3 Å². The van der Waals surface area contributed by atoms with Crippen LogP contribution in [0.4, 0.5) is 0 Å². The molecule has 7 rings (SSSR count). The molecule has 1 aromatic carbocycles. The van der Waals surface area contributed by atoms with Gasteiger partial charge in [-0.3, -0.25) is 14.3 Å². The minimum absolute atomic E-state index is 0.0259. The summed E-state index contributed by atoms with van der Waals surface area (Å²) in [7, 11) is 2.02. The molecule has 4 heterocycles. The van der Waals surface area contributed by atoms with Crippen LogP contribution >= 0.6 is 0 Å². The van der Waals surface area contributed by atoms with Gasteiger partial charge in [0.2, 0.25) is 0 Å². The maximum atomic E-state index is 13.9. The first-order valence-corrected chi connectivity index (χ1v) is 14.2. The van der Waals surface area contributed by atoms with Crippen molar-refractivity contribution in [3.05, 3.63) is 69.9 Å². The lowest BCUT2D eigenvalue weighted by Crippen LogP contribution is -2.43. The topological polar surface area (TPSA) is 84.6 Å². The molecule has 1 atom stereocenters. The molecule has 0 amide bonds. The number of hydrogen-bond acceptors (Lipinski definition) is 5. The molecule has 0 radical (unpaired) electrons. The quantitative estimate of drug-likeness (QED) is 0.407. The summed E-state index contributed by atoms with van der Waals surface area (Å²) in [6, 6.07) is 8.50. The van der Waals surface area contributed by atoms with Crippen molar-refractivity contribution in [1.29, 1.82) is 0 Å². The molecule has 3 aliphatic rings. The average molecular weight is 512 g/mol. The van der Waals surface area contributed by atoms with Gasteiger partial charge in [0.25, 0.3) is 5.56 Å². The number of aromatic nitrogens is 6. The summed E-state index contributed by atoms with van der Waals surface area (Å²) >= 11 is 0. The maximum Gasteiger partial charge on any atom is 0.281 e. The van der Waals surface area contributed by atoms with Crippen molar-refractivity contribution < 1.29 is 0 Å². The minimum Gasteiger partial charge on any atom is -0.336 e. The fraction of sp³-hybridized carbons (Fsp3) is 0.533. The summed E-state index contributed by atoms with van der Waals surface area (Å²) in [4.78, 5) is 24.8. The molecule has 1 N–H and O–H groups in total. The molecule has 8 nitrogen and oxygen atoms in total. The van der Waals surface area contributed by atoms with E-state index in [1.54, 1.807) is 6.33 Å². The second kappa shape index (κ2) is 8.90. The van der Waals surface area contributed by atoms with Crippen LogP contribution < -0.4 is 5.56 Å². The molecule has 198 valence electrons. The fourth-order valence-corrected chi connectivity index (χ4v) is 7.11. The van der Waals surface area contributed by atoms with Gasteiger partial charge in [0.1, 0.15) is 23.5 Å². The summed E-state index contributed by atoms with van der Waals surface area (Å²) in [6.45, 7) is 7.58. The first-order valence-electron chi connectivity index (χ1n) is 14.2. The number of aryl methyl sites for hydroxylation is 1. The van der Waals surface area contributed by atoms with Gasteiger partial charge >= 0.3 is 0 Å². The average Bonchev–Trinajstić information content (AvgIpc) is 3.50. The van der Waals surface area contributed by atoms with Crippen LogP contribution in [0, 0.1) is 11.8 Å². The summed E-state index contributed by atoms with van der Waals surface area (Å²) in [5, 5.41) is 8.69.